The predicted octanol–water partition coefficient (Wildman–Crippen LogP) is 4.32. The minimum Gasteiger partial charge on any atom is -0.455 e. The van der Waals surface area contributed by atoms with E-state index in [1.165, 1.54) is 5.56 Å². The number of nitrogens with zero attached hydrogens (tertiary/aromatic N) is 1. The Morgan fingerprint density at radius 2 is 2.00 bits per heavy atom. The minimum absolute atomic E-state index is 0.0721. The van der Waals surface area contributed by atoms with Gasteiger partial charge in [0, 0.05) is 23.8 Å². The number of aromatic nitrogens is 1. The van der Waals surface area contributed by atoms with Crippen molar-refractivity contribution in [2.75, 3.05) is 0 Å². The van der Waals surface area contributed by atoms with E-state index in [1.54, 1.807) is 12.4 Å². The van der Waals surface area contributed by atoms with Crippen molar-refractivity contribution in [3.8, 4) is 11.5 Å². The van der Waals surface area contributed by atoms with Gasteiger partial charge in [-0.2, -0.15) is 0 Å². The van der Waals surface area contributed by atoms with Crippen molar-refractivity contribution >= 4 is 0 Å². The highest BCUT2D eigenvalue weighted by Crippen LogP contribution is 2.25. The summed E-state index contributed by atoms with van der Waals surface area (Å²) in [4.78, 5) is 4.18. The van der Waals surface area contributed by atoms with Crippen LogP contribution < -0.4 is 10.1 Å². The van der Waals surface area contributed by atoms with E-state index in [0.29, 0.717) is 0 Å². The summed E-state index contributed by atoms with van der Waals surface area (Å²) in [7, 11) is 0. The first-order valence-electron chi connectivity index (χ1n) is 7.42. The van der Waals surface area contributed by atoms with Crippen LogP contribution in [0.1, 0.15) is 38.8 Å². The molecule has 21 heavy (non-hydrogen) atoms. The van der Waals surface area contributed by atoms with Gasteiger partial charge in [0.05, 0.1) is 6.20 Å². The summed E-state index contributed by atoms with van der Waals surface area (Å²) < 4.78 is 6.01. The molecule has 0 atom stereocenters. The van der Waals surface area contributed by atoms with Crippen LogP contribution in [0, 0.1) is 0 Å². The lowest BCUT2D eigenvalue weighted by atomic mass is 10.1. The van der Waals surface area contributed by atoms with Gasteiger partial charge in [0.25, 0.3) is 0 Å². The van der Waals surface area contributed by atoms with Crippen LogP contribution in [0.15, 0.2) is 42.7 Å². The molecule has 2 rings (SSSR count). The lowest BCUT2D eigenvalue weighted by Gasteiger charge is -2.21. The Labute approximate surface area is 127 Å². The highest BCUT2D eigenvalue weighted by Gasteiger charge is 2.11. The first-order chi connectivity index (χ1) is 9.98. The van der Waals surface area contributed by atoms with E-state index in [-0.39, 0.29) is 5.54 Å². The quantitative estimate of drug-likeness (QED) is 0.887. The fourth-order valence-electron chi connectivity index (χ4n) is 1.96. The molecule has 3 heteroatoms. The molecule has 112 valence electrons. The Morgan fingerprint density at radius 3 is 2.71 bits per heavy atom. The number of nitrogens with one attached hydrogen (secondary N) is 1. The Kier molecular flexibility index (Phi) is 4.97. The van der Waals surface area contributed by atoms with Gasteiger partial charge in [0.2, 0.25) is 0 Å². The van der Waals surface area contributed by atoms with Crippen LogP contribution in [0.2, 0.25) is 0 Å². The molecule has 0 fully saturated rings. The van der Waals surface area contributed by atoms with Crippen molar-refractivity contribution in [1.82, 2.24) is 10.3 Å². The Morgan fingerprint density at radius 1 is 1.19 bits per heavy atom. The number of benzene rings is 1. The summed E-state index contributed by atoms with van der Waals surface area (Å²) in [6.07, 6.45) is 4.58. The van der Waals surface area contributed by atoms with E-state index in [1.807, 2.05) is 18.2 Å². The first kappa shape index (κ1) is 15.5. The SMILES string of the molecule is CCc1cccc(Oc2cnccc2CNC(C)(C)C)c1. The maximum Gasteiger partial charge on any atom is 0.150 e. The number of hydrogen-bond acceptors (Lipinski definition) is 3. The van der Waals surface area contributed by atoms with Crippen LogP contribution in [0.3, 0.4) is 0 Å². The van der Waals surface area contributed by atoms with Crippen LogP contribution in [0.4, 0.5) is 0 Å². The molecule has 0 aliphatic heterocycles. The third-order valence-electron chi connectivity index (χ3n) is 3.21. The molecule has 0 bridgehead atoms. The molecule has 1 aromatic heterocycles. The second-order valence-electron chi connectivity index (χ2n) is 6.19. The molecule has 0 saturated carbocycles. The average molecular weight is 284 g/mol. The monoisotopic (exact) mass is 284 g/mol. The number of rotatable bonds is 5. The lowest BCUT2D eigenvalue weighted by molar-refractivity contribution is 0.413. The number of hydrogen-bond donors (Lipinski definition) is 1. The molecule has 1 aromatic carbocycles. The second kappa shape index (κ2) is 6.72. The molecular formula is C18H24N2O. The molecule has 0 spiro atoms. The van der Waals surface area contributed by atoms with E-state index in [4.69, 9.17) is 4.74 Å². The lowest BCUT2D eigenvalue weighted by Crippen LogP contribution is -2.35. The fourth-order valence-corrected chi connectivity index (χ4v) is 1.96. The van der Waals surface area contributed by atoms with Crippen LogP contribution in [0.25, 0.3) is 0 Å². The zero-order valence-electron chi connectivity index (χ0n) is 13.3. The van der Waals surface area contributed by atoms with Crippen molar-refractivity contribution in [2.45, 2.75) is 46.2 Å². The molecular weight excluding hydrogens is 260 g/mol. The molecule has 0 aliphatic rings. The smallest absolute Gasteiger partial charge is 0.150 e. The standard InChI is InChI=1S/C18H24N2O/c1-5-14-7-6-8-16(11-14)21-17-13-19-10-9-15(17)12-20-18(2,3)4/h6-11,13,20H,5,12H2,1-4H3. The summed E-state index contributed by atoms with van der Waals surface area (Å²) in [5.74, 6) is 1.67. The molecule has 3 nitrogen and oxygen atoms in total. The predicted molar refractivity (Wildman–Crippen MR) is 86.7 cm³/mol. The van der Waals surface area contributed by atoms with E-state index >= 15 is 0 Å². The molecule has 0 radical (unpaired) electrons. The van der Waals surface area contributed by atoms with Crippen molar-refractivity contribution in [1.29, 1.82) is 0 Å². The van der Waals surface area contributed by atoms with Crippen molar-refractivity contribution in [3.05, 3.63) is 53.9 Å². The van der Waals surface area contributed by atoms with Crippen LogP contribution in [0.5, 0.6) is 11.5 Å². The minimum atomic E-state index is 0.0721. The zero-order chi connectivity index (χ0) is 15.3. The van der Waals surface area contributed by atoms with E-state index in [9.17, 15) is 0 Å². The van der Waals surface area contributed by atoms with Gasteiger partial charge < -0.3 is 10.1 Å². The summed E-state index contributed by atoms with van der Waals surface area (Å²) in [5, 5.41) is 3.48. The number of ether oxygens (including phenoxy) is 1. The van der Waals surface area contributed by atoms with Crippen LogP contribution >= 0.6 is 0 Å². The third kappa shape index (κ3) is 4.87. The molecule has 0 unspecified atom stereocenters. The Bertz CT molecular complexity index is 588. The van der Waals surface area contributed by atoms with Gasteiger partial charge in [-0.15, -0.1) is 0 Å². The maximum absolute atomic E-state index is 6.01. The van der Waals surface area contributed by atoms with Gasteiger partial charge in [-0.05, 0) is 51.0 Å². The van der Waals surface area contributed by atoms with E-state index < -0.39 is 0 Å². The third-order valence-corrected chi connectivity index (χ3v) is 3.21. The fraction of sp³-hybridized carbons (Fsp3) is 0.389. The summed E-state index contributed by atoms with van der Waals surface area (Å²) in [5.41, 5.74) is 2.45. The summed E-state index contributed by atoms with van der Waals surface area (Å²) in [6.45, 7) is 9.36. The highest BCUT2D eigenvalue weighted by molar-refractivity contribution is 5.37. The molecule has 0 aliphatic carbocycles. The van der Waals surface area contributed by atoms with E-state index in [0.717, 1.165) is 30.0 Å². The summed E-state index contributed by atoms with van der Waals surface area (Å²) in [6, 6.07) is 10.2. The first-order valence-corrected chi connectivity index (χ1v) is 7.42. The van der Waals surface area contributed by atoms with Gasteiger partial charge in [0.15, 0.2) is 0 Å². The molecule has 0 amide bonds. The van der Waals surface area contributed by atoms with Gasteiger partial charge in [-0.1, -0.05) is 19.1 Å². The highest BCUT2D eigenvalue weighted by atomic mass is 16.5. The van der Waals surface area contributed by atoms with Gasteiger partial charge >= 0.3 is 0 Å². The van der Waals surface area contributed by atoms with Crippen molar-refractivity contribution in [2.24, 2.45) is 0 Å². The summed E-state index contributed by atoms with van der Waals surface area (Å²) >= 11 is 0. The van der Waals surface area contributed by atoms with Gasteiger partial charge in [-0.3, -0.25) is 4.98 Å². The van der Waals surface area contributed by atoms with Crippen molar-refractivity contribution in [3.63, 3.8) is 0 Å². The van der Waals surface area contributed by atoms with E-state index in [2.05, 4.69) is 50.1 Å². The normalized spacial score (nSPS) is 11.4. The van der Waals surface area contributed by atoms with Crippen LogP contribution in [-0.2, 0) is 13.0 Å². The largest absolute Gasteiger partial charge is 0.455 e. The number of pyridine rings is 1. The second-order valence-corrected chi connectivity index (χ2v) is 6.19. The van der Waals surface area contributed by atoms with Gasteiger partial charge in [0.1, 0.15) is 11.5 Å². The average Bonchev–Trinajstić information content (AvgIpc) is 2.46. The van der Waals surface area contributed by atoms with Gasteiger partial charge in [-0.25, -0.2) is 0 Å². The zero-order valence-corrected chi connectivity index (χ0v) is 13.3. The Balaban J connectivity index is 2.15. The topological polar surface area (TPSA) is 34.1 Å². The molecule has 1 N–H and O–H groups in total. The molecule has 1 heterocycles. The molecule has 0 saturated heterocycles. The van der Waals surface area contributed by atoms with Crippen LogP contribution in [-0.4, -0.2) is 10.5 Å². The molecule has 2 aromatic rings. The van der Waals surface area contributed by atoms with Crippen molar-refractivity contribution < 1.29 is 4.74 Å². The number of aryl methyl sites for hydroxylation is 1. The Hall–Kier alpha value is -1.87. The maximum atomic E-state index is 6.01.